The van der Waals surface area contributed by atoms with Crippen LogP contribution in [0.3, 0.4) is 0 Å². The van der Waals surface area contributed by atoms with E-state index in [4.69, 9.17) is 9.47 Å². The molecule has 1 aliphatic rings. The first-order valence-corrected chi connectivity index (χ1v) is 11.2. The number of carbonyl (C=O) groups is 2. The summed E-state index contributed by atoms with van der Waals surface area (Å²) in [4.78, 5) is 27.0. The molecule has 2 unspecified atom stereocenters. The first-order valence-electron chi connectivity index (χ1n) is 11.2. The van der Waals surface area contributed by atoms with E-state index in [1.807, 2.05) is 61.5 Å². The summed E-state index contributed by atoms with van der Waals surface area (Å²) >= 11 is 0. The number of carbonyl (C=O) groups excluding carboxylic acids is 2. The van der Waals surface area contributed by atoms with Crippen LogP contribution in [0, 0.1) is 0 Å². The lowest BCUT2D eigenvalue weighted by Crippen LogP contribution is -2.44. The van der Waals surface area contributed by atoms with Crippen LogP contribution in [0.4, 0.5) is 4.79 Å². The van der Waals surface area contributed by atoms with Crippen molar-refractivity contribution in [2.24, 2.45) is 0 Å². The smallest absolute Gasteiger partial charge is 0.325 e. The molecule has 3 aromatic carbocycles. The Morgan fingerprint density at radius 1 is 0.912 bits per heavy atom. The highest BCUT2D eigenvalue weighted by Crippen LogP contribution is 2.33. The second kappa shape index (κ2) is 9.97. The van der Waals surface area contributed by atoms with Crippen molar-refractivity contribution in [2.75, 3.05) is 20.3 Å². The average molecular weight is 461 g/mol. The van der Waals surface area contributed by atoms with Crippen molar-refractivity contribution >= 4 is 11.9 Å². The number of β-amino-alcohol motifs (C(OH)–C–C–N with tert-alkyl or cyclic N) is 1. The van der Waals surface area contributed by atoms with Crippen molar-refractivity contribution in [2.45, 2.75) is 25.0 Å². The molecule has 1 fully saturated rings. The van der Waals surface area contributed by atoms with E-state index >= 15 is 0 Å². The van der Waals surface area contributed by atoms with Crippen molar-refractivity contribution in [3.8, 4) is 22.6 Å². The molecule has 1 heterocycles. The number of nitrogens with one attached hydrogen (secondary N) is 1. The van der Waals surface area contributed by atoms with E-state index in [1.54, 1.807) is 31.4 Å². The van der Waals surface area contributed by atoms with Crippen LogP contribution in [-0.4, -0.2) is 48.3 Å². The number of ether oxygens (including phenoxy) is 2. The van der Waals surface area contributed by atoms with E-state index in [9.17, 15) is 14.7 Å². The molecule has 2 N–H and O–H groups in total. The summed E-state index contributed by atoms with van der Waals surface area (Å²) in [5.41, 5.74) is 1.66. The lowest BCUT2D eigenvalue weighted by Gasteiger charge is -2.26. The normalized spacial score (nSPS) is 18.5. The second-order valence-electron chi connectivity index (χ2n) is 8.19. The number of methoxy groups -OCH3 is 1. The Bertz CT molecular complexity index is 1130. The molecule has 0 aliphatic carbocycles. The first-order chi connectivity index (χ1) is 16.5. The highest BCUT2D eigenvalue weighted by Gasteiger charge is 2.51. The zero-order valence-corrected chi connectivity index (χ0v) is 19.2. The molecule has 0 saturated carbocycles. The number of aliphatic hydroxyl groups excluding tert-OH is 1. The van der Waals surface area contributed by atoms with Crippen molar-refractivity contribution in [3.05, 3.63) is 84.4 Å². The van der Waals surface area contributed by atoms with Gasteiger partial charge in [0.1, 0.15) is 29.7 Å². The van der Waals surface area contributed by atoms with E-state index in [1.165, 1.54) is 0 Å². The van der Waals surface area contributed by atoms with Gasteiger partial charge in [-0.2, -0.15) is 0 Å². The van der Waals surface area contributed by atoms with Gasteiger partial charge in [-0.05, 0) is 47.4 Å². The number of rotatable bonds is 9. The number of aliphatic hydroxyl groups is 1. The number of amides is 3. The maximum absolute atomic E-state index is 13.3. The Labute approximate surface area is 198 Å². The van der Waals surface area contributed by atoms with Gasteiger partial charge in [-0.25, -0.2) is 4.79 Å². The van der Waals surface area contributed by atoms with Gasteiger partial charge in [-0.15, -0.1) is 0 Å². The number of imide groups is 1. The zero-order chi connectivity index (χ0) is 24.1. The highest BCUT2D eigenvalue weighted by molar-refractivity contribution is 6.07. The minimum absolute atomic E-state index is 0.0522. The number of benzene rings is 3. The fraction of sp³-hybridized carbons (Fsp3) is 0.259. The molecule has 4 rings (SSSR count). The number of hydrogen-bond donors (Lipinski definition) is 2. The third-order valence-corrected chi connectivity index (χ3v) is 6.09. The van der Waals surface area contributed by atoms with E-state index in [2.05, 4.69) is 5.32 Å². The van der Waals surface area contributed by atoms with Gasteiger partial charge < -0.3 is 19.9 Å². The quantitative estimate of drug-likeness (QED) is 0.472. The van der Waals surface area contributed by atoms with E-state index in [-0.39, 0.29) is 13.2 Å². The minimum atomic E-state index is -1.17. The monoisotopic (exact) mass is 460 g/mol. The Morgan fingerprint density at radius 2 is 1.53 bits per heavy atom. The van der Waals surface area contributed by atoms with E-state index in [0.29, 0.717) is 23.5 Å². The van der Waals surface area contributed by atoms with Crippen molar-refractivity contribution in [1.82, 2.24) is 10.2 Å². The van der Waals surface area contributed by atoms with Gasteiger partial charge in [0.05, 0.1) is 13.7 Å². The van der Waals surface area contributed by atoms with Crippen molar-refractivity contribution in [3.63, 3.8) is 0 Å². The Kier molecular flexibility index (Phi) is 6.84. The van der Waals surface area contributed by atoms with Crippen LogP contribution in [0.5, 0.6) is 11.5 Å². The Balaban J connectivity index is 1.38. The maximum atomic E-state index is 13.3. The molecule has 0 aromatic heterocycles. The van der Waals surface area contributed by atoms with Gasteiger partial charge in [-0.1, -0.05) is 61.5 Å². The summed E-state index contributed by atoms with van der Waals surface area (Å²) in [6, 6.07) is 24.0. The number of hydrogen-bond acceptors (Lipinski definition) is 5. The SMILES string of the molecule is CCC1(c2ccc(OC)cc2)NC(=O)N(CC(O)COc2ccc(-c3ccccc3)cc2)C1=O. The highest BCUT2D eigenvalue weighted by atomic mass is 16.5. The molecule has 7 heteroatoms. The summed E-state index contributed by atoms with van der Waals surface area (Å²) in [6.07, 6.45) is -0.659. The number of nitrogens with zero attached hydrogens (tertiary/aromatic N) is 1. The van der Waals surface area contributed by atoms with Crippen LogP contribution >= 0.6 is 0 Å². The molecule has 3 amide bonds. The molecular formula is C27H28N2O5. The Morgan fingerprint density at radius 3 is 2.15 bits per heavy atom. The van der Waals surface area contributed by atoms with Crippen molar-refractivity contribution < 1.29 is 24.2 Å². The molecule has 0 bridgehead atoms. The van der Waals surface area contributed by atoms with Gasteiger partial charge >= 0.3 is 6.03 Å². The topological polar surface area (TPSA) is 88.1 Å². The van der Waals surface area contributed by atoms with E-state index in [0.717, 1.165) is 16.0 Å². The standard InChI is InChI=1S/C27H28N2O5/c1-3-27(21-11-15-23(33-2)16-12-21)25(31)29(26(32)28-27)17-22(30)18-34-24-13-9-20(10-14-24)19-7-5-4-6-8-19/h4-16,22,30H,3,17-18H2,1-2H3,(H,28,32). The largest absolute Gasteiger partial charge is 0.497 e. The predicted molar refractivity (Wildman–Crippen MR) is 129 cm³/mol. The van der Waals surface area contributed by atoms with Crippen LogP contribution in [0.15, 0.2) is 78.9 Å². The summed E-state index contributed by atoms with van der Waals surface area (Å²) in [5.74, 6) is 0.863. The molecule has 0 spiro atoms. The van der Waals surface area contributed by atoms with Gasteiger partial charge in [0, 0.05) is 0 Å². The molecule has 34 heavy (non-hydrogen) atoms. The summed E-state index contributed by atoms with van der Waals surface area (Å²) < 4.78 is 10.9. The van der Waals surface area contributed by atoms with Crippen molar-refractivity contribution in [1.29, 1.82) is 0 Å². The van der Waals surface area contributed by atoms with Gasteiger partial charge in [0.2, 0.25) is 0 Å². The summed E-state index contributed by atoms with van der Waals surface area (Å²) in [6.45, 7) is 1.62. The van der Waals surface area contributed by atoms with E-state index < -0.39 is 23.6 Å². The maximum Gasteiger partial charge on any atom is 0.325 e. The fourth-order valence-corrected chi connectivity index (χ4v) is 4.14. The third-order valence-electron chi connectivity index (χ3n) is 6.09. The zero-order valence-electron chi connectivity index (χ0n) is 19.2. The van der Waals surface area contributed by atoms with Gasteiger partial charge in [-0.3, -0.25) is 9.69 Å². The minimum Gasteiger partial charge on any atom is -0.497 e. The molecule has 1 aliphatic heterocycles. The fourth-order valence-electron chi connectivity index (χ4n) is 4.14. The Hall–Kier alpha value is -3.84. The molecular weight excluding hydrogens is 432 g/mol. The molecule has 0 radical (unpaired) electrons. The molecule has 1 saturated heterocycles. The lowest BCUT2D eigenvalue weighted by molar-refractivity contribution is -0.132. The van der Waals surface area contributed by atoms with Crippen LogP contribution in [0.1, 0.15) is 18.9 Å². The molecule has 7 nitrogen and oxygen atoms in total. The second-order valence-corrected chi connectivity index (χ2v) is 8.19. The van der Waals surface area contributed by atoms with Crippen LogP contribution in [0.2, 0.25) is 0 Å². The molecule has 176 valence electrons. The number of urea groups is 1. The molecule has 3 aromatic rings. The van der Waals surface area contributed by atoms with Crippen LogP contribution in [-0.2, 0) is 10.3 Å². The summed E-state index contributed by atoms with van der Waals surface area (Å²) in [7, 11) is 1.57. The van der Waals surface area contributed by atoms with Gasteiger partial charge in [0.15, 0.2) is 0 Å². The average Bonchev–Trinajstić information content (AvgIpc) is 3.13. The third kappa shape index (κ3) is 4.61. The lowest BCUT2D eigenvalue weighted by atomic mass is 9.87. The summed E-state index contributed by atoms with van der Waals surface area (Å²) in [5, 5.41) is 13.3. The first kappa shape index (κ1) is 23.3. The van der Waals surface area contributed by atoms with Crippen LogP contribution in [0.25, 0.3) is 11.1 Å². The predicted octanol–water partition coefficient (Wildman–Crippen LogP) is 3.96. The van der Waals surface area contributed by atoms with Gasteiger partial charge in [0.25, 0.3) is 5.91 Å². The van der Waals surface area contributed by atoms with Crippen LogP contribution < -0.4 is 14.8 Å². The molecule has 2 atom stereocenters.